The molecule has 0 aliphatic rings. The number of hydrogen-bond donors (Lipinski definition) is 1. The molecule has 0 saturated carbocycles. The Morgan fingerprint density at radius 2 is 2.05 bits per heavy atom. The van der Waals surface area contributed by atoms with Gasteiger partial charge in [-0.05, 0) is 42.3 Å². The van der Waals surface area contributed by atoms with E-state index in [1.807, 2.05) is 6.07 Å². The third kappa shape index (κ3) is 3.54. The maximum atomic E-state index is 4.67. The molecule has 0 saturated heterocycles. The Morgan fingerprint density at radius 3 is 2.63 bits per heavy atom. The number of thiophene rings is 1. The zero-order valence-electron chi connectivity index (χ0n) is 11.5. The largest absolute Gasteiger partial charge is 0.370 e. The zero-order valence-corrected chi connectivity index (χ0v) is 13.9. The van der Waals surface area contributed by atoms with Crippen LogP contribution in [0.15, 0.2) is 16.6 Å². The maximum absolute atomic E-state index is 4.67. The standard InChI is InChI=1S/C14H18BrN3S/c1-4-6-10-7-13(16-5-2)18-14(17-10)12-8-11(15)9(3)19-12/h7-8H,4-6H2,1-3H3,(H,16,17,18). The van der Waals surface area contributed by atoms with Crippen LogP contribution in [0.25, 0.3) is 10.7 Å². The highest BCUT2D eigenvalue weighted by Gasteiger charge is 2.10. The Balaban J connectivity index is 2.42. The van der Waals surface area contributed by atoms with E-state index in [9.17, 15) is 0 Å². The van der Waals surface area contributed by atoms with Crippen molar-refractivity contribution in [3.63, 3.8) is 0 Å². The Hall–Kier alpha value is -0.940. The van der Waals surface area contributed by atoms with E-state index in [1.165, 1.54) is 4.88 Å². The molecular weight excluding hydrogens is 322 g/mol. The van der Waals surface area contributed by atoms with Crippen LogP contribution in [0, 0.1) is 6.92 Å². The second kappa shape index (κ2) is 6.48. The SMILES string of the molecule is CCCc1cc(NCC)nc(-c2cc(Br)c(C)s2)n1. The van der Waals surface area contributed by atoms with Gasteiger partial charge in [-0.25, -0.2) is 9.97 Å². The highest BCUT2D eigenvalue weighted by Crippen LogP contribution is 2.32. The first-order valence-corrected chi connectivity index (χ1v) is 8.13. The van der Waals surface area contributed by atoms with Gasteiger partial charge in [-0.15, -0.1) is 11.3 Å². The van der Waals surface area contributed by atoms with Crippen molar-refractivity contribution in [3.05, 3.63) is 27.2 Å². The molecule has 0 aliphatic carbocycles. The van der Waals surface area contributed by atoms with Gasteiger partial charge in [-0.3, -0.25) is 0 Å². The summed E-state index contributed by atoms with van der Waals surface area (Å²) >= 11 is 5.27. The lowest BCUT2D eigenvalue weighted by atomic mass is 10.2. The summed E-state index contributed by atoms with van der Waals surface area (Å²) in [4.78, 5) is 11.6. The van der Waals surface area contributed by atoms with E-state index < -0.39 is 0 Å². The molecule has 0 bridgehead atoms. The van der Waals surface area contributed by atoms with Gasteiger partial charge in [0, 0.05) is 27.7 Å². The summed E-state index contributed by atoms with van der Waals surface area (Å²) in [7, 11) is 0. The van der Waals surface area contributed by atoms with Gasteiger partial charge in [-0.2, -0.15) is 0 Å². The molecule has 0 atom stereocenters. The number of anilines is 1. The fourth-order valence-corrected chi connectivity index (χ4v) is 3.30. The Morgan fingerprint density at radius 1 is 1.26 bits per heavy atom. The second-order valence-corrected chi connectivity index (χ2v) is 6.47. The number of nitrogens with zero attached hydrogens (tertiary/aromatic N) is 2. The molecule has 2 heterocycles. The van der Waals surface area contributed by atoms with Crippen molar-refractivity contribution >= 4 is 33.1 Å². The molecule has 0 spiro atoms. The van der Waals surface area contributed by atoms with Crippen LogP contribution in [0.5, 0.6) is 0 Å². The van der Waals surface area contributed by atoms with E-state index in [4.69, 9.17) is 0 Å². The molecule has 19 heavy (non-hydrogen) atoms. The molecule has 2 aromatic heterocycles. The number of aromatic nitrogens is 2. The molecule has 0 aliphatic heterocycles. The lowest BCUT2D eigenvalue weighted by Crippen LogP contribution is -2.03. The number of halogens is 1. The summed E-state index contributed by atoms with van der Waals surface area (Å²) in [6, 6.07) is 4.15. The van der Waals surface area contributed by atoms with Crippen molar-refractivity contribution in [2.45, 2.75) is 33.6 Å². The Labute approximate surface area is 126 Å². The summed E-state index contributed by atoms with van der Waals surface area (Å²) in [6.45, 7) is 7.21. The first kappa shape index (κ1) is 14.5. The van der Waals surface area contributed by atoms with Crippen molar-refractivity contribution in [2.24, 2.45) is 0 Å². The van der Waals surface area contributed by atoms with Gasteiger partial charge in [0.05, 0.1) is 4.88 Å². The van der Waals surface area contributed by atoms with E-state index in [2.05, 4.69) is 58.1 Å². The average molecular weight is 340 g/mol. The molecule has 0 unspecified atom stereocenters. The van der Waals surface area contributed by atoms with Crippen molar-refractivity contribution < 1.29 is 0 Å². The van der Waals surface area contributed by atoms with Crippen LogP contribution in [0.2, 0.25) is 0 Å². The van der Waals surface area contributed by atoms with Gasteiger partial charge in [0.25, 0.3) is 0 Å². The molecule has 2 aromatic rings. The number of nitrogens with one attached hydrogen (secondary N) is 1. The summed E-state index contributed by atoms with van der Waals surface area (Å²) in [5.74, 6) is 1.74. The molecule has 0 aromatic carbocycles. The molecule has 102 valence electrons. The minimum Gasteiger partial charge on any atom is -0.370 e. The van der Waals surface area contributed by atoms with Crippen LogP contribution in [-0.4, -0.2) is 16.5 Å². The zero-order chi connectivity index (χ0) is 13.8. The molecule has 5 heteroatoms. The van der Waals surface area contributed by atoms with Crippen molar-refractivity contribution in [1.29, 1.82) is 0 Å². The molecule has 3 nitrogen and oxygen atoms in total. The fourth-order valence-electron chi connectivity index (χ4n) is 1.83. The highest BCUT2D eigenvalue weighted by atomic mass is 79.9. The van der Waals surface area contributed by atoms with E-state index in [0.717, 1.165) is 46.1 Å². The van der Waals surface area contributed by atoms with Crippen LogP contribution < -0.4 is 5.32 Å². The van der Waals surface area contributed by atoms with Crippen molar-refractivity contribution in [2.75, 3.05) is 11.9 Å². The predicted octanol–water partition coefficient (Wildman–Crippen LogP) is 4.66. The van der Waals surface area contributed by atoms with E-state index >= 15 is 0 Å². The Bertz CT molecular complexity index is 522. The van der Waals surface area contributed by atoms with Crippen LogP contribution in [0.1, 0.15) is 30.8 Å². The summed E-state index contributed by atoms with van der Waals surface area (Å²) < 4.78 is 1.13. The third-order valence-corrected chi connectivity index (χ3v) is 4.85. The monoisotopic (exact) mass is 339 g/mol. The van der Waals surface area contributed by atoms with Gasteiger partial charge >= 0.3 is 0 Å². The quantitative estimate of drug-likeness (QED) is 0.860. The number of hydrogen-bond acceptors (Lipinski definition) is 4. The molecule has 0 fully saturated rings. The van der Waals surface area contributed by atoms with Gasteiger partial charge in [0.2, 0.25) is 0 Å². The smallest absolute Gasteiger partial charge is 0.171 e. The third-order valence-electron chi connectivity index (χ3n) is 2.72. The number of rotatable bonds is 5. The molecule has 0 radical (unpaired) electrons. The topological polar surface area (TPSA) is 37.8 Å². The van der Waals surface area contributed by atoms with Crippen LogP contribution in [0.4, 0.5) is 5.82 Å². The second-order valence-electron chi connectivity index (χ2n) is 4.36. The Kier molecular flexibility index (Phi) is 4.93. The summed E-state index contributed by atoms with van der Waals surface area (Å²) in [5.41, 5.74) is 1.10. The predicted molar refractivity (Wildman–Crippen MR) is 85.9 cm³/mol. The lowest BCUT2D eigenvalue weighted by Gasteiger charge is -2.07. The van der Waals surface area contributed by atoms with Gasteiger partial charge in [0.1, 0.15) is 5.82 Å². The minimum atomic E-state index is 0.820. The normalized spacial score (nSPS) is 10.7. The number of aryl methyl sites for hydroxylation is 2. The van der Waals surface area contributed by atoms with Gasteiger partial charge < -0.3 is 5.32 Å². The highest BCUT2D eigenvalue weighted by molar-refractivity contribution is 9.10. The minimum absolute atomic E-state index is 0.820. The maximum Gasteiger partial charge on any atom is 0.171 e. The summed E-state index contributed by atoms with van der Waals surface area (Å²) in [6.07, 6.45) is 2.08. The van der Waals surface area contributed by atoms with E-state index in [-0.39, 0.29) is 0 Å². The van der Waals surface area contributed by atoms with Gasteiger partial charge in [0.15, 0.2) is 5.82 Å². The first-order valence-electron chi connectivity index (χ1n) is 6.52. The van der Waals surface area contributed by atoms with E-state index in [0.29, 0.717) is 0 Å². The first-order chi connectivity index (χ1) is 9.13. The van der Waals surface area contributed by atoms with Crippen LogP contribution in [-0.2, 0) is 6.42 Å². The average Bonchev–Trinajstić information content (AvgIpc) is 2.70. The molecular formula is C14H18BrN3S. The van der Waals surface area contributed by atoms with Gasteiger partial charge in [-0.1, -0.05) is 13.3 Å². The van der Waals surface area contributed by atoms with Crippen LogP contribution in [0.3, 0.4) is 0 Å². The van der Waals surface area contributed by atoms with E-state index in [1.54, 1.807) is 11.3 Å². The molecule has 1 N–H and O–H groups in total. The van der Waals surface area contributed by atoms with Crippen molar-refractivity contribution in [3.8, 4) is 10.7 Å². The summed E-state index contributed by atoms with van der Waals surface area (Å²) in [5, 5.41) is 3.28. The van der Waals surface area contributed by atoms with Crippen LogP contribution >= 0.6 is 27.3 Å². The fraction of sp³-hybridized carbons (Fsp3) is 0.429. The van der Waals surface area contributed by atoms with Crippen molar-refractivity contribution in [1.82, 2.24) is 9.97 Å². The molecule has 2 rings (SSSR count). The lowest BCUT2D eigenvalue weighted by molar-refractivity contribution is 0.875. The molecule has 0 amide bonds.